The van der Waals surface area contributed by atoms with Crippen LogP contribution in [0.15, 0.2) is 41.3 Å². The van der Waals surface area contributed by atoms with Crippen LogP contribution < -0.4 is 5.56 Å². The number of rotatable bonds is 2. The molecule has 0 radical (unpaired) electrons. The van der Waals surface area contributed by atoms with Gasteiger partial charge in [0.25, 0.3) is 5.56 Å². The van der Waals surface area contributed by atoms with Crippen molar-refractivity contribution in [2.75, 3.05) is 0 Å². The van der Waals surface area contributed by atoms with Crippen molar-refractivity contribution in [1.29, 1.82) is 0 Å². The van der Waals surface area contributed by atoms with Gasteiger partial charge in [-0.25, -0.2) is 4.98 Å². The van der Waals surface area contributed by atoms with Gasteiger partial charge in [0.1, 0.15) is 5.82 Å². The van der Waals surface area contributed by atoms with Crippen molar-refractivity contribution in [3.05, 3.63) is 58.3 Å². The van der Waals surface area contributed by atoms with Crippen molar-refractivity contribution >= 4 is 10.9 Å². The van der Waals surface area contributed by atoms with E-state index < -0.39 is 0 Å². The van der Waals surface area contributed by atoms with E-state index in [1.165, 1.54) is 0 Å². The second-order valence-corrected chi connectivity index (χ2v) is 5.57. The predicted octanol–water partition coefficient (Wildman–Crippen LogP) is 3.17. The Morgan fingerprint density at radius 3 is 2.86 bits per heavy atom. The van der Waals surface area contributed by atoms with Gasteiger partial charge in [-0.3, -0.25) is 9.78 Å². The van der Waals surface area contributed by atoms with Crippen LogP contribution in [0.1, 0.15) is 30.1 Å². The molecule has 4 rings (SSSR count). The number of H-pyrrole nitrogens is 1. The summed E-state index contributed by atoms with van der Waals surface area (Å²) in [6.45, 7) is 1.83. The first-order valence-electron chi connectivity index (χ1n) is 7.19. The summed E-state index contributed by atoms with van der Waals surface area (Å²) in [6.07, 6.45) is 4.00. The Hall–Kier alpha value is -2.49. The molecule has 0 bridgehead atoms. The highest BCUT2D eigenvalue weighted by atomic mass is 16.1. The topological polar surface area (TPSA) is 58.6 Å². The molecular formula is C17H15N3O. The maximum atomic E-state index is 12.2. The van der Waals surface area contributed by atoms with Crippen LogP contribution in [0, 0.1) is 6.92 Å². The molecule has 2 heterocycles. The summed E-state index contributed by atoms with van der Waals surface area (Å²) in [7, 11) is 0. The Labute approximate surface area is 121 Å². The Bertz CT molecular complexity index is 889. The Kier molecular flexibility index (Phi) is 2.64. The van der Waals surface area contributed by atoms with Gasteiger partial charge in [0, 0.05) is 28.6 Å². The molecule has 1 aliphatic carbocycles. The molecule has 3 aromatic rings. The van der Waals surface area contributed by atoms with E-state index >= 15 is 0 Å². The first-order valence-corrected chi connectivity index (χ1v) is 7.19. The predicted molar refractivity (Wildman–Crippen MR) is 82.3 cm³/mol. The first kappa shape index (κ1) is 12.3. The first-order chi connectivity index (χ1) is 10.2. The summed E-state index contributed by atoms with van der Waals surface area (Å²) < 4.78 is 0. The number of fused-ring (bicyclic) bond motifs is 1. The van der Waals surface area contributed by atoms with E-state index in [9.17, 15) is 4.79 Å². The quantitative estimate of drug-likeness (QED) is 0.782. The third kappa shape index (κ3) is 2.03. The van der Waals surface area contributed by atoms with E-state index in [1.807, 2.05) is 37.3 Å². The molecule has 0 saturated heterocycles. The molecular weight excluding hydrogens is 262 g/mol. The molecule has 0 spiro atoms. The highest BCUT2D eigenvalue weighted by molar-refractivity contribution is 5.94. The molecule has 1 aromatic carbocycles. The van der Waals surface area contributed by atoms with Gasteiger partial charge in [0.2, 0.25) is 0 Å². The standard InChI is InChI=1S/C17H15N3O/c1-10-15(19-16(11-7-8-11)20-17(10)21)13-4-2-6-14-12(13)5-3-9-18-14/h2-6,9,11H,7-8H2,1H3,(H,19,20,21). The molecule has 2 aromatic heterocycles. The molecule has 104 valence electrons. The lowest BCUT2D eigenvalue weighted by Gasteiger charge is -2.09. The maximum Gasteiger partial charge on any atom is 0.254 e. The zero-order chi connectivity index (χ0) is 14.4. The third-order valence-electron chi connectivity index (χ3n) is 4.03. The van der Waals surface area contributed by atoms with E-state index in [2.05, 4.69) is 9.97 Å². The van der Waals surface area contributed by atoms with Crippen molar-refractivity contribution < 1.29 is 0 Å². The van der Waals surface area contributed by atoms with E-state index in [1.54, 1.807) is 6.20 Å². The van der Waals surface area contributed by atoms with Crippen LogP contribution in [0.3, 0.4) is 0 Å². The normalized spacial score (nSPS) is 14.5. The summed E-state index contributed by atoms with van der Waals surface area (Å²) in [5, 5.41) is 1.03. The van der Waals surface area contributed by atoms with Crippen LogP contribution >= 0.6 is 0 Å². The lowest BCUT2D eigenvalue weighted by Crippen LogP contribution is -2.15. The van der Waals surface area contributed by atoms with Crippen LogP contribution in [0.25, 0.3) is 22.2 Å². The SMILES string of the molecule is Cc1c(-c2cccc3ncccc23)nc(C2CC2)[nH]c1=O. The smallest absolute Gasteiger partial charge is 0.254 e. The molecule has 0 unspecified atom stereocenters. The molecule has 4 heteroatoms. The van der Waals surface area contributed by atoms with Gasteiger partial charge in [-0.05, 0) is 31.9 Å². The fourth-order valence-corrected chi connectivity index (χ4v) is 2.67. The molecule has 1 saturated carbocycles. The van der Waals surface area contributed by atoms with Gasteiger partial charge >= 0.3 is 0 Å². The lowest BCUT2D eigenvalue weighted by atomic mass is 10.0. The molecule has 1 fully saturated rings. The van der Waals surface area contributed by atoms with E-state index in [0.29, 0.717) is 11.5 Å². The number of aromatic nitrogens is 3. The van der Waals surface area contributed by atoms with Crippen LogP contribution in [0.2, 0.25) is 0 Å². The molecule has 4 nitrogen and oxygen atoms in total. The van der Waals surface area contributed by atoms with E-state index in [4.69, 9.17) is 4.98 Å². The number of nitrogens with zero attached hydrogens (tertiary/aromatic N) is 2. The number of aromatic amines is 1. The van der Waals surface area contributed by atoms with Crippen LogP contribution in [-0.2, 0) is 0 Å². The Balaban J connectivity index is 2.02. The summed E-state index contributed by atoms with van der Waals surface area (Å²) in [4.78, 5) is 24.2. The lowest BCUT2D eigenvalue weighted by molar-refractivity contribution is 0.901. The molecule has 0 atom stereocenters. The van der Waals surface area contributed by atoms with Gasteiger partial charge < -0.3 is 4.98 Å². The second-order valence-electron chi connectivity index (χ2n) is 5.57. The van der Waals surface area contributed by atoms with Gasteiger partial charge in [0.15, 0.2) is 0 Å². The minimum absolute atomic E-state index is 0.0391. The summed E-state index contributed by atoms with van der Waals surface area (Å²) >= 11 is 0. The molecule has 0 amide bonds. The van der Waals surface area contributed by atoms with Crippen LogP contribution in [0.4, 0.5) is 0 Å². The van der Waals surface area contributed by atoms with Crippen LogP contribution in [-0.4, -0.2) is 15.0 Å². The number of pyridine rings is 1. The van der Waals surface area contributed by atoms with Gasteiger partial charge in [-0.1, -0.05) is 18.2 Å². The monoisotopic (exact) mass is 277 g/mol. The largest absolute Gasteiger partial charge is 0.310 e. The van der Waals surface area contributed by atoms with Gasteiger partial charge in [-0.2, -0.15) is 0 Å². The molecule has 1 N–H and O–H groups in total. The van der Waals surface area contributed by atoms with Gasteiger partial charge in [-0.15, -0.1) is 0 Å². The number of hydrogen-bond donors (Lipinski definition) is 1. The Morgan fingerprint density at radius 1 is 1.19 bits per heavy atom. The number of nitrogens with one attached hydrogen (secondary N) is 1. The zero-order valence-electron chi connectivity index (χ0n) is 11.8. The zero-order valence-corrected chi connectivity index (χ0v) is 11.8. The fourth-order valence-electron chi connectivity index (χ4n) is 2.67. The van der Waals surface area contributed by atoms with E-state index in [0.717, 1.165) is 40.8 Å². The average molecular weight is 277 g/mol. The highest BCUT2D eigenvalue weighted by Gasteiger charge is 2.27. The second kappa shape index (κ2) is 4.52. The molecule has 21 heavy (non-hydrogen) atoms. The van der Waals surface area contributed by atoms with Crippen LogP contribution in [0.5, 0.6) is 0 Å². The fraction of sp³-hybridized carbons (Fsp3) is 0.235. The summed E-state index contributed by atoms with van der Waals surface area (Å²) in [5.41, 5.74) is 3.30. The summed E-state index contributed by atoms with van der Waals surface area (Å²) in [5.74, 6) is 1.24. The van der Waals surface area contributed by atoms with Crippen molar-refractivity contribution in [2.45, 2.75) is 25.7 Å². The maximum absolute atomic E-state index is 12.2. The number of hydrogen-bond acceptors (Lipinski definition) is 3. The summed E-state index contributed by atoms with van der Waals surface area (Å²) in [6, 6.07) is 9.88. The van der Waals surface area contributed by atoms with Crippen molar-refractivity contribution in [3.63, 3.8) is 0 Å². The minimum atomic E-state index is -0.0391. The van der Waals surface area contributed by atoms with Crippen molar-refractivity contribution in [1.82, 2.24) is 15.0 Å². The molecule has 0 aliphatic heterocycles. The van der Waals surface area contributed by atoms with Crippen molar-refractivity contribution in [3.8, 4) is 11.3 Å². The van der Waals surface area contributed by atoms with Crippen molar-refractivity contribution in [2.24, 2.45) is 0 Å². The third-order valence-corrected chi connectivity index (χ3v) is 4.03. The highest BCUT2D eigenvalue weighted by Crippen LogP contribution is 2.38. The Morgan fingerprint density at radius 2 is 2.05 bits per heavy atom. The van der Waals surface area contributed by atoms with E-state index in [-0.39, 0.29) is 5.56 Å². The molecule has 1 aliphatic rings. The average Bonchev–Trinajstić information content (AvgIpc) is 3.34. The minimum Gasteiger partial charge on any atom is -0.310 e. The van der Waals surface area contributed by atoms with Gasteiger partial charge in [0.05, 0.1) is 11.2 Å². The number of benzene rings is 1.